The first-order chi connectivity index (χ1) is 10.0. The number of benzene rings is 1. The van der Waals surface area contributed by atoms with E-state index in [-0.39, 0.29) is 11.9 Å². The van der Waals surface area contributed by atoms with Gasteiger partial charge in [0.15, 0.2) is 5.65 Å². The van der Waals surface area contributed by atoms with Gasteiger partial charge in [-0.25, -0.2) is 9.37 Å². The maximum Gasteiger partial charge on any atom is 0.159 e. The van der Waals surface area contributed by atoms with E-state index in [1.54, 1.807) is 28.9 Å². The molecule has 0 amide bonds. The van der Waals surface area contributed by atoms with E-state index in [2.05, 4.69) is 15.4 Å². The molecule has 0 saturated carbocycles. The van der Waals surface area contributed by atoms with Gasteiger partial charge < -0.3 is 5.32 Å². The van der Waals surface area contributed by atoms with Crippen molar-refractivity contribution in [1.29, 1.82) is 0 Å². The van der Waals surface area contributed by atoms with Crippen LogP contribution in [0.1, 0.15) is 24.1 Å². The second-order valence-electron chi connectivity index (χ2n) is 4.93. The average molecular weight is 305 g/mol. The van der Waals surface area contributed by atoms with Crippen LogP contribution >= 0.6 is 11.6 Å². The quantitative estimate of drug-likeness (QED) is 0.744. The fraction of sp³-hybridized carbons (Fsp3) is 0.200. The molecule has 1 atom stereocenters. The van der Waals surface area contributed by atoms with Gasteiger partial charge in [-0.3, -0.25) is 0 Å². The van der Waals surface area contributed by atoms with Crippen LogP contribution in [0.25, 0.3) is 5.65 Å². The highest BCUT2D eigenvalue weighted by atomic mass is 35.5. The number of nitrogens with one attached hydrogen (secondary N) is 1. The summed E-state index contributed by atoms with van der Waals surface area (Å²) >= 11 is 6.02. The topological polar surface area (TPSA) is 42.2 Å². The van der Waals surface area contributed by atoms with Crippen molar-refractivity contribution in [3.05, 3.63) is 58.6 Å². The molecule has 6 heteroatoms. The van der Waals surface area contributed by atoms with Crippen LogP contribution in [0.2, 0.25) is 5.15 Å². The van der Waals surface area contributed by atoms with Crippen molar-refractivity contribution in [3.8, 4) is 0 Å². The zero-order chi connectivity index (χ0) is 15.0. The predicted octanol–water partition coefficient (Wildman–Crippen LogP) is 4.00. The molecule has 21 heavy (non-hydrogen) atoms. The molecule has 0 aliphatic rings. The van der Waals surface area contributed by atoms with Crippen LogP contribution in [0, 0.1) is 12.7 Å². The van der Waals surface area contributed by atoms with Crippen molar-refractivity contribution < 1.29 is 4.39 Å². The monoisotopic (exact) mass is 304 g/mol. The first-order valence-corrected chi connectivity index (χ1v) is 6.95. The minimum Gasteiger partial charge on any atom is -0.363 e. The smallest absolute Gasteiger partial charge is 0.159 e. The van der Waals surface area contributed by atoms with Crippen LogP contribution in [0.15, 0.2) is 36.5 Å². The van der Waals surface area contributed by atoms with Gasteiger partial charge in [-0.1, -0.05) is 17.7 Å². The summed E-state index contributed by atoms with van der Waals surface area (Å²) in [4.78, 5) is 4.18. The zero-order valence-electron chi connectivity index (χ0n) is 11.6. The molecule has 1 aromatic carbocycles. The molecule has 0 aliphatic heterocycles. The normalized spacial score (nSPS) is 12.6. The van der Waals surface area contributed by atoms with Crippen molar-refractivity contribution in [2.24, 2.45) is 0 Å². The molecule has 0 bridgehead atoms. The Labute approximate surface area is 126 Å². The lowest BCUT2D eigenvalue weighted by atomic mass is 10.0. The lowest BCUT2D eigenvalue weighted by Crippen LogP contribution is -2.12. The molecule has 108 valence electrons. The third-order valence-electron chi connectivity index (χ3n) is 3.39. The van der Waals surface area contributed by atoms with Crippen LogP contribution in [0.4, 0.5) is 10.2 Å². The Hall–Kier alpha value is -2.14. The third kappa shape index (κ3) is 2.69. The molecule has 1 N–H and O–H groups in total. The number of hydrogen-bond donors (Lipinski definition) is 1. The summed E-state index contributed by atoms with van der Waals surface area (Å²) < 4.78 is 14.9. The summed E-state index contributed by atoms with van der Waals surface area (Å²) in [6, 6.07) is 8.25. The summed E-state index contributed by atoms with van der Waals surface area (Å²) in [5.74, 6) is 0.510. The number of hydrogen-bond acceptors (Lipinski definition) is 3. The summed E-state index contributed by atoms with van der Waals surface area (Å²) in [6.07, 6.45) is 1.66. The molecule has 2 heterocycles. The van der Waals surface area contributed by atoms with Crippen LogP contribution in [0.3, 0.4) is 0 Å². The highest BCUT2D eigenvalue weighted by molar-refractivity contribution is 6.29. The predicted molar refractivity (Wildman–Crippen MR) is 81.2 cm³/mol. The summed E-state index contributed by atoms with van der Waals surface area (Å²) in [6.45, 7) is 3.89. The molecule has 0 spiro atoms. The van der Waals surface area contributed by atoms with Crippen LogP contribution in [-0.4, -0.2) is 14.6 Å². The molecule has 3 rings (SSSR count). The van der Waals surface area contributed by atoms with Crippen LogP contribution < -0.4 is 5.32 Å². The molecule has 0 saturated heterocycles. The van der Waals surface area contributed by atoms with Gasteiger partial charge in [0.05, 0.1) is 12.2 Å². The van der Waals surface area contributed by atoms with Gasteiger partial charge in [0, 0.05) is 12.1 Å². The average Bonchev–Trinajstić information content (AvgIpc) is 2.86. The minimum absolute atomic E-state index is 0.0172. The fourth-order valence-corrected chi connectivity index (χ4v) is 2.60. The Morgan fingerprint density at radius 2 is 2.10 bits per heavy atom. The van der Waals surface area contributed by atoms with E-state index in [1.807, 2.05) is 13.8 Å². The summed E-state index contributed by atoms with van der Waals surface area (Å²) in [5.41, 5.74) is 2.59. The zero-order valence-corrected chi connectivity index (χ0v) is 12.4. The molecule has 0 unspecified atom stereocenters. The van der Waals surface area contributed by atoms with E-state index in [4.69, 9.17) is 11.6 Å². The van der Waals surface area contributed by atoms with Gasteiger partial charge in [0.25, 0.3) is 0 Å². The second-order valence-corrected chi connectivity index (χ2v) is 5.32. The molecule has 0 aliphatic carbocycles. The number of nitrogens with zero attached hydrogens (tertiary/aromatic N) is 3. The number of anilines is 1. The van der Waals surface area contributed by atoms with Gasteiger partial charge in [0.1, 0.15) is 16.8 Å². The standard InChI is InChI=1S/C15H14ClFN4/c1-9-7-11(17)3-4-12(9)10(2)19-15-8-13(16)20-14-5-6-18-21(14)15/h3-8,10,19H,1-2H3/t10-/m1/s1. The van der Waals surface area contributed by atoms with Crippen molar-refractivity contribution in [2.45, 2.75) is 19.9 Å². The lowest BCUT2D eigenvalue weighted by Gasteiger charge is -2.18. The van der Waals surface area contributed by atoms with E-state index in [0.717, 1.165) is 16.9 Å². The van der Waals surface area contributed by atoms with Crippen molar-refractivity contribution in [3.63, 3.8) is 0 Å². The Bertz CT molecular complexity index is 799. The van der Waals surface area contributed by atoms with Gasteiger partial charge >= 0.3 is 0 Å². The van der Waals surface area contributed by atoms with E-state index in [9.17, 15) is 4.39 Å². The fourth-order valence-electron chi connectivity index (χ4n) is 2.41. The molecular weight excluding hydrogens is 291 g/mol. The van der Waals surface area contributed by atoms with E-state index in [0.29, 0.717) is 10.8 Å². The maximum atomic E-state index is 13.2. The van der Waals surface area contributed by atoms with E-state index in [1.165, 1.54) is 12.1 Å². The maximum absolute atomic E-state index is 13.2. The number of fused-ring (bicyclic) bond motifs is 1. The van der Waals surface area contributed by atoms with Crippen molar-refractivity contribution in [2.75, 3.05) is 5.32 Å². The Morgan fingerprint density at radius 1 is 1.29 bits per heavy atom. The minimum atomic E-state index is -0.232. The number of halogens is 2. The van der Waals surface area contributed by atoms with Crippen molar-refractivity contribution in [1.82, 2.24) is 14.6 Å². The lowest BCUT2D eigenvalue weighted by molar-refractivity contribution is 0.624. The Morgan fingerprint density at radius 3 is 2.86 bits per heavy atom. The number of rotatable bonds is 3. The van der Waals surface area contributed by atoms with Crippen LogP contribution in [-0.2, 0) is 0 Å². The van der Waals surface area contributed by atoms with Crippen molar-refractivity contribution >= 4 is 23.1 Å². The van der Waals surface area contributed by atoms with E-state index < -0.39 is 0 Å². The first kappa shape index (κ1) is 13.8. The summed E-state index contributed by atoms with van der Waals surface area (Å²) in [5, 5.41) is 7.95. The highest BCUT2D eigenvalue weighted by Crippen LogP contribution is 2.24. The van der Waals surface area contributed by atoms with Crippen LogP contribution in [0.5, 0.6) is 0 Å². The Balaban J connectivity index is 1.96. The second kappa shape index (κ2) is 5.33. The SMILES string of the molecule is Cc1cc(F)ccc1[C@@H](C)Nc1cc(Cl)nc2ccnn12. The highest BCUT2D eigenvalue weighted by Gasteiger charge is 2.12. The molecular formula is C15H14ClFN4. The molecule has 0 radical (unpaired) electrons. The van der Waals surface area contributed by atoms with Gasteiger partial charge in [-0.2, -0.15) is 9.61 Å². The largest absolute Gasteiger partial charge is 0.363 e. The molecule has 0 fully saturated rings. The number of aromatic nitrogens is 3. The Kier molecular flexibility index (Phi) is 3.51. The third-order valence-corrected chi connectivity index (χ3v) is 3.58. The van der Waals surface area contributed by atoms with Gasteiger partial charge in [-0.15, -0.1) is 0 Å². The van der Waals surface area contributed by atoms with Gasteiger partial charge in [0.2, 0.25) is 0 Å². The number of aryl methyl sites for hydroxylation is 1. The first-order valence-electron chi connectivity index (χ1n) is 6.57. The van der Waals surface area contributed by atoms with Gasteiger partial charge in [-0.05, 0) is 37.1 Å². The van der Waals surface area contributed by atoms with E-state index >= 15 is 0 Å². The summed E-state index contributed by atoms with van der Waals surface area (Å²) in [7, 11) is 0. The molecule has 3 aromatic rings. The molecule has 4 nitrogen and oxygen atoms in total. The molecule has 2 aromatic heterocycles.